The summed E-state index contributed by atoms with van der Waals surface area (Å²) in [7, 11) is 0. The molecular formula is C15H19N5. The smallest absolute Gasteiger partial charge is 0.146 e. The van der Waals surface area contributed by atoms with E-state index in [1.54, 1.807) is 6.33 Å². The van der Waals surface area contributed by atoms with Crippen LogP contribution in [0.4, 0.5) is 5.69 Å². The van der Waals surface area contributed by atoms with E-state index in [1.807, 2.05) is 29.8 Å². The fourth-order valence-electron chi connectivity index (χ4n) is 2.06. The van der Waals surface area contributed by atoms with Gasteiger partial charge in [0.05, 0.1) is 17.8 Å². The van der Waals surface area contributed by atoms with Gasteiger partial charge in [-0.2, -0.15) is 10.4 Å². The van der Waals surface area contributed by atoms with Crippen LogP contribution < -0.4 is 5.32 Å². The molecule has 5 heteroatoms. The minimum Gasteiger partial charge on any atom is -0.377 e. The molecule has 0 aliphatic rings. The van der Waals surface area contributed by atoms with Crippen LogP contribution in [0.5, 0.6) is 0 Å². The number of benzene rings is 1. The van der Waals surface area contributed by atoms with Crippen LogP contribution in [0.25, 0.3) is 0 Å². The maximum absolute atomic E-state index is 9.21. The van der Waals surface area contributed by atoms with Gasteiger partial charge in [0.15, 0.2) is 0 Å². The van der Waals surface area contributed by atoms with Gasteiger partial charge in [-0.15, -0.1) is 0 Å². The molecule has 0 fully saturated rings. The zero-order chi connectivity index (χ0) is 14.5. The van der Waals surface area contributed by atoms with Crippen LogP contribution in [0, 0.1) is 24.2 Å². The Morgan fingerprint density at radius 2 is 2.20 bits per heavy atom. The topological polar surface area (TPSA) is 66.5 Å². The molecule has 0 radical (unpaired) electrons. The van der Waals surface area contributed by atoms with Gasteiger partial charge in [-0.25, -0.2) is 9.67 Å². The molecule has 1 heterocycles. The molecule has 2 aromatic rings. The third-order valence-electron chi connectivity index (χ3n) is 3.06. The highest BCUT2D eigenvalue weighted by Gasteiger charge is 2.08. The molecule has 0 aliphatic carbocycles. The summed E-state index contributed by atoms with van der Waals surface area (Å²) in [6, 6.07) is 8.02. The van der Waals surface area contributed by atoms with Gasteiger partial charge in [0.1, 0.15) is 18.2 Å². The van der Waals surface area contributed by atoms with E-state index in [0.29, 0.717) is 18.0 Å². The number of hydrogen-bond donors (Lipinski definition) is 1. The fourth-order valence-corrected chi connectivity index (χ4v) is 2.06. The van der Waals surface area contributed by atoms with Crippen LogP contribution in [-0.4, -0.2) is 14.8 Å². The number of hydrogen-bond acceptors (Lipinski definition) is 4. The third-order valence-corrected chi connectivity index (χ3v) is 3.06. The number of aryl methyl sites for hydroxylation is 1. The number of aromatic nitrogens is 3. The van der Waals surface area contributed by atoms with Crippen LogP contribution >= 0.6 is 0 Å². The molecular weight excluding hydrogens is 250 g/mol. The third kappa shape index (κ3) is 3.15. The number of nitrogens with zero attached hydrogens (tertiary/aromatic N) is 4. The molecule has 104 valence electrons. The average Bonchev–Trinajstić information content (AvgIpc) is 2.83. The van der Waals surface area contributed by atoms with E-state index in [1.165, 1.54) is 0 Å². The van der Waals surface area contributed by atoms with Gasteiger partial charge in [0.25, 0.3) is 0 Å². The second-order valence-electron chi connectivity index (χ2n) is 5.22. The van der Waals surface area contributed by atoms with E-state index < -0.39 is 0 Å². The maximum Gasteiger partial charge on any atom is 0.146 e. The van der Waals surface area contributed by atoms with E-state index >= 15 is 0 Å². The zero-order valence-electron chi connectivity index (χ0n) is 12.1. The van der Waals surface area contributed by atoms with Crippen LogP contribution in [0.1, 0.15) is 30.8 Å². The highest BCUT2D eigenvalue weighted by molar-refractivity contribution is 5.60. The van der Waals surface area contributed by atoms with Crippen LogP contribution in [0.2, 0.25) is 0 Å². The summed E-state index contributed by atoms with van der Waals surface area (Å²) < 4.78 is 1.90. The van der Waals surface area contributed by atoms with Crippen molar-refractivity contribution in [3.63, 3.8) is 0 Å². The standard InChI is InChI=1S/C15H19N5/c1-11(2)9-20-15(18-10-19-20)8-17-14-6-4-5-12(3)13(14)7-16/h4-6,10-11,17H,8-9H2,1-3H3. The molecule has 0 bridgehead atoms. The van der Waals surface area contributed by atoms with E-state index in [2.05, 4.69) is 35.3 Å². The summed E-state index contributed by atoms with van der Waals surface area (Å²) in [5.74, 6) is 1.40. The maximum atomic E-state index is 9.21. The summed E-state index contributed by atoms with van der Waals surface area (Å²) in [4.78, 5) is 4.27. The predicted molar refractivity (Wildman–Crippen MR) is 78.1 cm³/mol. The lowest BCUT2D eigenvalue weighted by atomic mass is 10.1. The summed E-state index contributed by atoms with van der Waals surface area (Å²) in [5.41, 5.74) is 2.50. The van der Waals surface area contributed by atoms with Gasteiger partial charge in [-0.1, -0.05) is 26.0 Å². The molecule has 0 unspecified atom stereocenters. The Kier molecular flexibility index (Phi) is 4.36. The molecule has 0 amide bonds. The Labute approximate surface area is 119 Å². The second kappa shape index (κ2) is 6.20. The Morgan fingerprint density at radius 3 is 2.90 bits per heavy atom. The summed E-state index contributed by atoms with van der Waals surface area (Å²) >= 11 is 0. The van der Waals surface area contributed by atoms with E-state index in [4.69, 9.17) is 0 Å². The van der Waals surface area contributed by atoms with Gasteiger partial charge < -0.3 is 5.32 Å². The minimum absolute atomic E-state index is 0.518. The summed E-state index contributed by atoms with van der Waals surface area (Å²) in [6.07, 6.45) is 1.57. The first-order valence-corrected chi connectivity index (χ1v) is 6.72. The quantitative estimate of drug-likeness (QED) is 0.906. The predicted octanol–water partition coefficient (Wildman–Crippen LogP) is 2.73. The number of nitriles is 1. The molecule has 20 heavy (non-hydrogen) atoms. The first-order valence-electron chi connectivity index (χ1n) is 6.72. The Morgan fingerprint density at radius 1 is 1.40 bits per heavy atom. The molecule has 1 N–H and O–H groups in total. The van der Waals surface area contributed by atoms with Crippen LogP contribution in [-0.2, 0) is 13.1 Å². The van der Waals surface area contributed by atoms with E-state index in [0.717, 1.165) is 23.6 Å². The summed E-state index contributed by atoms with van der Waals surface area (Å²) in [6.45, 7) is 7.63. The fraction of sp³-hybridized carbons (Fsp3) is 0.400. The number of nitrogens with one attached hydrogen (secondary N) is 1. The first-order chi connectivity index (χ1) is 9.61. The Balaban J connectivity index is 2.12. The molecule has 1 aromatic heterocycles. The van der Waals surface area contributed by atoms with Gasteiger partial charge in [-0.05, 0) is 24.5 Å². The summed E-state index contributed by atoms with van der Waals surface area (Å²) in [5, 5.41) is 16.7. The van der Waals surface area contributed by atoms with Crippen molar-refractivity contribution in [3.8, 4) is 6.07 Å². The van der Waals surface area contributed by atoms with Gasteiger partial charge in [-0.3, -0.25) is 0 Å². The van der Waals surface area contributed by atoms with Gasteiger partial charge >= 0.3 is 0 Å². The molecule has 1 aromatic carbocycles. The highest BCUT2D eigenvalue weighted by atomic mass is 15.3. The van der Waals surface area contributed by atoms with Crippen molar-refractivity contribution in [3.05, 3.63) is 41.5 Å². The van der Waals surface area contributed by atoms with Crippen molar-refractivity contribution in [2.45, 2.75) is 33.9 Å². The van der Waals surface area contributed by atoms with E-state index in [-0.39, 0.29) is 0 Å². The molecule has 5 nitrogen and oxygen atoms in total. The Hall–Kier alpha value is -2.35. The first kappa shape index (κ1) is 14.1. The largest absolute Gasteiger partial charge is 0.377 e. The normalized spacial score (nSPS) is 10.6. The highest BCUT2D eigenvalue weighted by Crippen LogP contribution is 2.18. The molecule has 0 saturated heterocycles. The lowest BCUT2D eigenvalue weighted by Gasteiger charge is -2.11. The van der Waals surface area contributed by atoms with Gasteiger partial charge in [0.2, 0.25) is 0 Å². The zero-order valence-corrected chi connectivity index (χ0v) is 12.1. The van der Waals surface area contributed by atoms with Crippen LogP contribution in [0.15, 0.2) is 24.5 Å². The number of anilines is 1. The number of rotatable bonds is 5. The van der Waals surface area contributed by atoms with Crippen molar-refractivity contribution in [2.24, 2.45) is 5.92 Å². The van der Waals surface area contributed by atoms with Crippen molar-refractivity contribution in [2.75, 3.05) is 5.32 Å². The van der Waals surface area contributed by atoms with Crippen molar-refractivity contribution >= 4 is 5.69 Å². The molecule has 2 rings (SSSR count). The molecule has 0 saturated carbocycles. The second-order valence-corrected chi connectivity index (χ2v) is 5.22. The lowest BCUT2D eigenvalue weighted by Crippen LogP contribution is -2.13. The minimum atomic E-state index is 0.518. The lowest BCUT2D eigenvalue weighted by molar-refractivity contribution is 0.468. The van der Waals surface area contributed by atoms with Crippen molar-refractivity contribution in [1.29, 1.82) is 5.26 Å². The van der Waals surface area contributed by atoms with Crippen molar-refractivity contribution in [1.82, 2.24) is 14.8 Å². The van der Waals surface area contributed by atoms with E-state index in [9.17, 15) is 5.26 Å². The average molecular weight is 269 g/mol. The van der Waals surface area contributed by atoms with Gasteiger partial charge in [0, 0.05) is 6.54 Å². The molecule has 0 aliphatic heterocycles. The van der Waals surface area contributed by atoms with Crippen LogP contribution in [0.3, 0.4) is 0 Å². The van der Waals surface area contributed by atoms with Crippen molar-refractivity contribution < 1.29 is 0 Å². The monoisotopic (exact) mass is 269 g/mol. The molecule has 0 spiro atoms. The SMILES string of the molecule is Cc1cccc(NCc2ncnn2CC(C)C)c1C#N. The molecule has 0 atom stereocenters. The Bertz CT molecular complexity index is 621.